The standard InChI is InChI=1S/C24H28FN3O4S/c1-2-13-33(31,32)28(17-19-3-5-21(25)6-4-19)22-7-8-23(20(15-22)16-26)27-11-9-18(10-12-27)14-24(29)30/h3-8,15,18H,2,9-14,17H2,1H3,(H,29,30). The van der Waals surface area contributed by atoms with E-state index in [4.69, 9.17) is 5.11 Å². The Morgan fingerprint density at radius 2 is 1.88 bits per heavy atom. The number of nitrogens with zero attached hydrogens (tertiary/aromatic N) is 3. The van der Waals surface area contributed by atoms with E-state index in [-0.39, 0.29) is 24.6 Å². The highest BCUT2D eigenvalue weighted by Crippen LogP contribution is 2.32. The normalized spacial score (nSPS) is 14.6. The van der Waals surface area contributed by atoms with Gasteiger partial charge in [0.25, 0.3) is 0 Å². The van der Waals surface area contributed by atoms with Gasteiger partial charge in [-0.2, -0.15) is 5.26 Å². The highest BCUT2D eigenvalue weighted by Gasteiger charge is 2.26. The molecular weight excluding hydrogens is 445 g/mol. The molecule has 0 atom stereocenters. The van der Waals surface area contributed by atoms with Crippen LogP contribution in [0, 0.1) is 23.1 Å². The third-order valence-corrected chi connectivity index (χ3v) is 7.78. The molecule has 33 heavy (non-hydrogen) atoms. The Morgan fingerprint density at radius 3 is 2.45 bits per heavy atom. The minimum absolute atomic E-state index is 0.0351. The summed E-state index contributed by atoms with van der Waals surface area (Å²) in [5.74, 6) is -1.13. The molecule has 0 aromatic heterocycles. The van der Waals surface area contributed by atoms with Gasteiger partial charge in [0.1, 0.15) is 11.9 Å². The molecule has 2 aromatic carbocycles. The summed E-state index contributed by atoms with van der Waals surface area (Å²) >= 11 is 0. The van der Waals surface area contributed by atoms with E-state index in [0.717, 1.165) is 12.8 Å². The molecule has 1 saturated heterocycles. The van der Waals surface area contributed by atoms with Gasteiger partial charge in [-0.25, -0.2) is 12.8 Å². The maximum Gasteiger partial charge on any atom is 0.303 e. The summed E-state index contributed by atoms with van der Waals surface area (Å²) in [5.41, 5.74) is 2.10. The number of hydrogen-bond acceptors (Lipinski definition) is 5. The fourth-order valence-electron chi connectivity index (χ4n) is 4.14. The van der Waals surface area contributed by atoms with Crippen molar-refractivity contribution in [1.82, 2.24) is 0 Å². The predicted molar refractivity (Wildman–Crippen MR) is 125 cm³/mol. The van der Waals surface area contributed by atoms with E-state index in [1.165, 1.54) is 16.4 Å². The van der Waals surface area contributed by atoms with Crippen molar-refractivity contribution in [2.45, 2.75) is 39.2 Å². The first-order valence-corrected chi connectivity index (χ1v) is 12.6. The summed E-state index contributed by atoms with van der Waals surface area (Å²) in [6.45, 7) is 3.09. The van der Waals surface area contributed by atoms with Crippen LogP contribution in [0.1, 0.15) is 43.7 Å². The molecule has 0 aliphatic carbocycles. The van der Waals surface area contributed by atoms with Gasteiger partial charge in [-0.15, -0.1) is 0 Å². The first kappa shape index (κ1) is 24.5. The molecule has 9 heteroatoms. The maximum absolute atomic E-state index is 13.3. The van der Waals surface area contributed by atoms with E-state index < -0.39 is 21.8 Å². The van der Waals surface area contributed by atoms with Gasteiger partial charge in [0, 0.05) is 19.5 Å². The number of carboxylic acids is 1. The summed E-state index contributed by atoms with van der Waals surface area (Å²) < 4.78 is 40.6. The van der Waals surface area contributed by atoms with Gasteiger partial charge >= 0.3 is 5.97 Å². The number of sulfonamides is 1. The molecule has 176 valence electrons. The first-order chi connectivity index (χ1) is 15.7. The summed E-state index contributed by atoms with van der Waals surface area (Å²) in [6, 6.07) is 12.9. The fraction of sp³-hybridized carbons (Fsp3) is 0.417. The number of nitriles is 1. The largest absolute Gasteiger partial charge is 0.481 e. The van der Waals surface area contributed by atoms with Crippen LogP contribution in [0.5, 0.6) is 0 Å². The molecule has 3 rings (SSSR count). The number of halogens is 1. The number of anilines is 2. The maximum atomic E-state index is 13.3. The van der Waals surface area contributed by atoms with Crippen LogP contribution in [0.25, 0.3) is 0 Å². The molecule has 0 radical (unpaired) electrons. The van der Waals surface area contributed by atoms with E-state index >= 15 is 0 Å². The number of carbonyl (C=O) groups is 1. The molecule has 1 heterocycles. The lowest BCUT2D eigenvalue weighted by atomic mass is 9.93. The van der Waals surface area contributed by atoms with Crippen LogP contribution in [0.15, 0.2) is 42.5 Å². The lowest BCUT2D eigenvalue weighted by Gasteiger charge is -2.34. The second kappa shape index (κ2) is 10.7. The van der Waals surface area contributed by atoms with Crippen LogP contribution in [-0.4, -0.2) is 38.3 Å². The van der Waals surface area contributed by atoms with Crippen molar-refractivity contribution < 1.29 is 22.7 Å². The van der Waals surface area contributed by atoms with E-state index in [1.807, 2.05) is 4.90 Å². The number of rotatable bonds is 9. The van der Waals surface area contributed by atoms with Crippen LogP contribution in [0.4, 0.5) is 15.8 Å². The van der Waals surface area contributed by atoms with Gasteiger partial charge in [-0.05, 0) is 61.1 Å². The van der Waals surface area contributed by atoms with Crippen molar-refractivity contribution in [2.24, 2.45) is 5.92 Å². The molecule has 1 N–H and O–H groups in total. The summed E-state index contributed by atoms with van der Waals surface area (Å²) in [7, 11) is -3.65. The van der Waals surface area contributed by atoms with Crippen LogP contribution in [0.2, 0.25) is 0 Å². The Kier molecular flexibility index (Phi) is 7.92. The van der Waals surface area contributed by atoms with Crippen molar-refractivity contribution >= 4 is 27.4 Å². The zero-order valence-corrected chi connectivity index (χ0v) is 19.4. The van der Waals surface area contributed by atoms with Crippen molar-refractivity contribution in [3.05, 3.63) is 59.4 Å². The average Bonchev–Trinajstić information content (AvgIpc) is 2.78. The molecule has 1 fully saturated rings. The van der Waals surface area contributed by atoms with E-state index in [1.54, 1.807) is 37.3 Å². The number of carboxylic acid groups (broad SMARTS) is 1. The molecule has 1 aliphatic rings. The summed E-state index contributed by atoms with van der Waals surface area (Å²) in [4.78, 5) is 13.0. The average molecular weight is 474 g/mol. The molecule has 0 saturated carbocycles. The van der Waals surface area contributed by atoms with Gasteiger partial charge in [0.15, 0.2) is 0 Å². The number of hydrogen-bond donors (Lipinski definition) is 1. The first-order valence-electron chi connectivity index (χ1n) is 11.0. The molecule has 7 nitrogen and oxygen atoms in total. The van der Waals surface area contributed by atoms with E-state index in [9.17, 15) is 22.9 Å². The smallest absolute Gasteiger partial charge is 0.303 e. The Labute approximate surface area is 194 Å². The predicted octanol–water partition coefficient (Wildman–Crippen LogP) is 4.13. The summed E-state index contributed by atoms with van der Waals surface area (Å²) in [5, 5.41) is 18.8. The fourth-order valence-corrected chi connectivity index (χ4v) is 5.66. The van der Waals surface area contributed by atoms with E-state index in [0.29, 0.717) is 42.0 Å². The van der Waals surface area contributed by atoms with Crippen molar-refractivity contribution in [3.63, 3.8) is 0 Å². The lowest BCUT2D eigenvalue weighted by molar-refractivity contribution is -0.138. The third-order valence-electron chi connectivity index (χ3n) is 5.84. The Hall–Kier alpha value is -3.12. The lowest BCUT2D eigenvalue weighted by Crippen LogP contribution is -2.35. The van der Waals surface area contributed by atoms with Crippen molar-refractivity contribution in [2.75, 3.05) is 28.0 Å². The summed E-state index contributed by atoms with van der Waals surface area (Å²) in [6.07, 6.45) is 2.03. The molecule has 2 aromatic rings. The van der Waals surface area contributed by atoms with Gasteiger partial charge in [0.2, 0.25) is 10.0 Å². The topological polar surface area (TPSA) is 102 Å². The van der Waals surface area contributed by atoms with Gasteiger partial charge in [0.05, 0.1) is 29.2 Å². The Bertz CT molecular complexity index is 1120. The highest BCUT2D eigenvalue weighted by atomic mass is 32.2. The SMILES string of the molecule is CCCS(=O)(=O)N(Cc1ccc(F)cc1)c1ccc(N2CCC(CC(=O)O)CC2)c(C#N)c1. The molecular formula is C24H28FN3O4S. The van der Waals surface area contributed by atoms with Crippen LogP contribution < -0.4 is 9.21 Å². The Balaban J connectivity index is 1.88. The zero-order chi connectivity index (χ0) is 24.0. The quantitative estimate of drug-likeness (QED) is 0.587. The van der Waals surface area contributed by atoms with Crippen LogP contribution in [0.3, 0.4) is 0 Å². The molecule has 0 spiro atoms. The van der Waals surface area contributed by atoms with Crippen LogP contribution in [-0.2, 0) is 21.4 Å². The van der Waals surface area contributed by atoms with Crippen molar-refractivity contribution in [3.8, 4) is 6.07 Å². The van der Waals surface area contributed by atoms with Crippen LogP contribution >= 0.6 is 0 Å². The molecule has 0 unspecified atom stereocenters. The minimum Gasteiger partial charge on any atom is -0.481 e. The minimum atomic E-state index is -3.65. The molecule has 0 bridgehead atoms. The monoisotopic (exact) mass is 473 g/mol. The molecule has 0 amide bonds. The molecule has 1 aliphatic heterocycles. The van der Waals surface area contributed by atoms with Gasteiger partial charge in [-0.3, -0.25) is 9.10 Å². The zero-order valence-electron chi connectivity index (χ0n) is 18.6. The number of benzene rings is 2. The number of piperidine rings is 1. The highest BCUT2D eigenvalue weighted by molar-refractivity contribution is 7.92. The Morgan fingerprint density at radius 1 is 1.21 bits per heavy atom. The van der Waals surface area contributed by atoms with Gasteiger partial charge < -0.3 is 10.0 Å². The van der Waals surface area contributed by atoms with Crippen molar-refractivity contribution in [1.29, 1.82) is 5.26 Å². The second-order valence-electron chi connectivity index (χ2n) is 8.29. The van der Waals surface area contributed by atoms with E-state index in [2.05, 4.69) is 6.07 Å². The third kappa shape index (κ3) is 6.23. The second-order valence-corrected chi connectivity index (χ2v) is 10.3. The van der Waals surface area contributed by atoms with Gasteiger partial charge in [-0.1, -0.05) is 19.1 Å². The number of aliphatic carboxylic acids is 1.